The van der Waals surface area contributed by atoms with Gasteiger partial charge >= 0.3 is 12.4 Å². The molecule has 1 fully saturated rings. The fourth-order valence-electron chi connectivity index (χ4n) is 1.60. The zero-order valence-electron chi connectivity index (χ0n) is 9.08. The van der Waals surface area contributed by atoms with Gasteiger partial charge in [-0.1, -0.05) is 22.6 Å². The Labute approximate surface area is 113 Å². The van der Waals surface area contributed by atoms with Crippen LogP contribution in [0.4, 0.5) is 26.3 Å². The molecule has 0 aliphatic carbocycles. The Kier molecular flexibility index (Phi) is 5.15. The average Bonchev–Trinajstić information content (AvgIpc) is 2.24. The van der Waals surface area contributed by atoms with Crippen LogP contribution in [0.25, 0.3) is 0 Å². The quantitative estimate of drug-likeness (QED) is 0.416. The zero-order chi connectivity index (χ0) is 14.0. The highest BCUT2D eigenvalue weighted by molar-refractivity contribution is 14.1. The molecule has 108 valence electrons. The van der Waals surface area contributed by atoms with Gasteiger partial charge in [-0.3, -0.25) is 0 Å². The lowest BCUT2D eigenvalue weighted by Crippen LogP contribution is -2.53. The Morgan fingerprint density at radius 3 is 1.83 bits per heavy atom. The first-order valence-electron chi connectivity index (χ1n) is 5.06. The van der Waals surface area contributed by atoms with Crippen molar-refractivity contribution in [3.8, 4) is 0 Å². The molecule has 1 aliphatic rings. The van der Waals surface area contributed by atoms with E-state index in [-0.39, 0.29) is 30.5 Å². The normalized spacial score (nSPS) is 21.3. The molecule has 0 N–H and O–H groups in total. The summed E-state index contributed by atoms with van der Waals surface area (Å²) in [5, 5.41) is 0. The second kappa shape index (κ2) is 5.70. The van der Waals surface area contributed by atoms with Gasteiger partial charge < -0.3 is 9.47 Å². The van der Waals surface area contributed by atoms with Crippen molar-refractivity contribution in [3.63, 3.8) is 0 Å². The number of ether oxygens (including phenoxy) is 2. The summed E-state index contributed by atoms with van der Waals surface area (Å²) >= 11 is 1.73. The molecule has 0 amide bonds. The van der Waals surface area contributed by atoms with E-state index in [2.05, 4.69) is 4.74 Å². The maximum absolute atomic E-state index is 12.4. The maximum atomic E-state index is 12.4. The minimum absolute atomic E-state index is 0.0264. The van der Waals surface area contributed by atoms with Gasteiger partial charge in [-0.05, 0) is 0 Å². The third-order valence-electron chi connectivity index (χ3n) is 2.61. The van der Waals surface area contributed by atoms with Crippen molar-refractivity contribution in [2.24, 2.45) is 0 Å². The Balaban J connectivity index is 2.88. The highest BCUT2D eigenvalue weighted by Gasteiger charge is 2.60. The van der Waals surface area contributed by atoms with Gasteiger partial charge in [0, 0.05) is 30.5 Å². The van der Waals surface area contributed by atoms with Crippen LogP contribution < -0.4 is 0 Å². The van der Waals surface area contributed by atoms with Gasteiger partial charge in [0.25, 0.3) is 0 Å². The van der Waals surface area contributed by atoms with E-state index in [1.54, 1.807) is 22.6 Å². The van der Waals surface area contributed by atoms with Crippen LogP contribution in [0.5, 0.6) is 0 Å². The molecule has 1 rings (SSSR count). The van der Waals surface area contributed by atoms with Crippen molar-refractivity contribution < 1.29 is 35.8 Å². The second-order valence-electron chi connectivity index (χ2n) is 4.01. The van der Waals surface area contributed by atoms with Crippen molar-refractivity contribution in [1.82, 2.24) is 0 Å². The lowest BCUT2D eigenvalue weighted by atomic mass is 9.96. The van der Waals surface area contributed by atoms with Crippen LogP contribution in [0.15, 0.2) is 0 Å². The van der Waals surface area contributed by atoms with Gasteiger partial charge in [0.05, 0.1) is 5.60 Å². The fourth-order valence-corrected chi connectivity index (χ4v) is 2.54. The first kappa shape index (κ1) is 16.3. The Morgan fingerprint density at radius 2 is 1.50 bits per heavy atom. The molecule has 2 nitrogen and oxygen atoms in total. The number of hydrogen-bond donors (Lipinski definition) is 0. The summed E-state index contributed by atoms with van der Waals surface area (Å²) in [6, 6.07) is 0. The zero-order valence-corrected chi connectivity index (χ0v) is 11.2. The maximum Gasteiger partial charge on any atom is 0.423 e. The SMILES string of the molecule is FC(F)(F)C(OC1(CI)CCOCC1)C(F)(F)F. The summed E-state index contributed by atoms with van der Waals surface area (Å²) in [5.74, 6) is 0. The van der Waals surface area contributed by atoms with Gasteiger partial charge in [0.2, 0.25) is 6.10 Å². The molecule has 0 aromatic heterocycles. The first-order chi connectivity index (χ1) is 8.11. The summed E-state index contributed by atoms with van der Waals surface area (Å²) < 4.78 is 83.8. The van der Waals surface area contributed by atoms with Crippen molar-refractivity contribution in [2.75, 3.05) is 17.6 Å². The highest BCUT2D eigenvalue weighted by atomic mass is 127. The molecule has 0 unspecified atom stereocenters. The number of hydrogen-bond acceptors (Lipinski definition) is 2. The predicted octanol–water partition coefficient (Wildman–Crippen LogP) is 3.48. The van der Waals surface area contributed by atoms with Crippen molar-refractivity contribution in [3.05, 3.63) is 0 Å². The van der Waals surface area contributed by atoms with Crippen LogP contribution in [-0.4, -0.2) is 41.7 Å². The first-order valence-corrected chi connectivity index (χ1v) is 6.58. The van der Waals surface area contributed by atoms with E-state index in [1.807, 2.05) is 0 Å². The smallest absolute Gasteiger partial charge is 0.381 e. The summed E-state index contributed by atoms with van der Waals surface area (Å²) in [6.45, 7) is 0.205. The summed E-state index contributed by atoms with van der Waals surface area (Å²) in [7, 11) is 0. The third-order valence-corrected chi connectivity index (χ3v) is 4.00. The molecule has 18 heavy (non-hydrogen) atoms. The van der Waals surface area contributed by atoms with E-state index in [4.69, 9.17) is 4.74 Å². The molecule has 0 aromatic rings. The van der Waals surface area contributed by atoms with Crippen molar-refractivity contribution >= 4 is 22.6 Å². The fraction of sp³-hybridized carbons (Fsp3) is 1.00. The van der Waals surface area contributed by atoms with Crippen LogP contribution >= 0.6 is 22.6 Å². The number of halogens is 7. The Morgan fingerprint density at radius 1 is 1.06 bits per heavy atom. The van der Waals surface area contributed by atoms with Crippen LogP contribution in [0.2, 0.25) is 0 Å². The van der Waals surface area contributed by atoms with Crippen LogP contribution in [0.1, 0.15) is 12.8 Å². The van der Waals surface area contributed by atoms with E-state index in [0.29, 0.717) is 0 Å². The predicted molar refractivity (Wildman–Crippen MR) is 58.7 cm³/mol. The molecule has 0 atom stereocenters. The Bertz CT molecular complexity index is 257. The topological polar surface area (TPSA) is 18.5 Å². The van der Waals surface area contributed by atoms with E-state index in [9.17, 15) is 26.3 Å². The van der Waals surface area contributed by atoms with Gasteiger partial charge in [-0.2, -0.15) is 26.3 Å². The molecular formula is C9H11F6IO2. The second-order valence-corrected chi connectivity index (χ2v) is 4.77. The van der Waals surface area contributed by atoms with E-state index in [1.165, 1.54) is 0 Å². The molecule has 0 aromatic carbocycles. The number of rotatable bonds is 3. The Hall–Kier alpha value is 0.230. The van der Waals surface area contributed by atoms with Gasteiger partial charge in [-0.15, -0.1) is 0 Å². The molecule has 0 radical (unpaired) electrons. The highest BCUT2D eigenvalue weighted by Crippen LogP contribution is 2.41. The largest absolute Gasteiger partial charge is 0.423 e. The van der Waals surface area contributed by atoms with E-state index in [0.717, 1.165) is 0 Å². The monoisotopic (exact) mass is 392 g/mol. The molecule has 0 bridgehead atoms. The third kappa shape index (κ3) is 4.12. The lowest BCUT2D eigenvalue weighted by Gasteiger charge is -2.39. The van der Waals surface area contributed by atoms with E-state index >= 15 is 0 Å². The summed E-state index contributed by atoms with van der Waals surface area (Å²) in [6.07, 6.45) is -14.6. The van der Waals surface area contributed by atoms with Gasteiger partial charge in [-0.25, -0.2) is 0 Å². The molecule has 1 heterocycles. The minimum Gasteiger partial charge on any atom is -0.381 e. The molecule has 0 saturated carbocycles. The lowest BCUT2D eigenvalue weighted by molar-refractivity contribution is -0.346. The standard InChI is InChI=1S/C9H11F6IO2/c10-8(11,12)6(9(13,14)15)18-7(5-16)1-3-17-4-2-7/h6H,1-5H2. The van der Waals surface area contributed by atoms with Gasteiger partial charge in [0.1, 0.15) is 0 Å². The van der Waals surface area contributed by atoms with Crippen molar-refractivity contribution in [2.45, 2.75) is 36.9 Å². The molecule has 9 heteroatoms. The summed E-state index contributed by atoms with van der Waals surface area (Å²) in [5.41, 5.74) is -1.42. The summed E-state index contributed by atoms with van der Waals surface area (Å²) in [4.78, 5) is 0. The van der Waals surface area contributed by atoms with Gasteiger partial charge in [0.15, 0.2) is 0 Å². The average molecular weight is 392 g/mol. The van der Waals surface area contributed by atoms with Crippen molar-refractivity contribution in [1.29, 1.82) is 0 Å². The molecule has 0 spiro atoms. The van der Waals surface area contributed by atoms with Crippen LogP contribution in [0.3, 0.4) is 0 Å². The molecule has 1 saturated heterocycles. The number of alkyl halides is 7. The molecule has 1 aliphatic heterocycles. The molecular weight excluding hydrogens is 381 g/mol. The van der Waals surface area contributed by atoms with Crippen LogP contribution in [0, 0.1) is 0 Å². The minimum atomic E-state index is -5.46. The van der Waals surface area contributed by atoms with E-state index < -0.39 is 24.1 Å². The van der Waals surface area contributed by atoms with Crippen LogP contribution in [-0.2, 0) is 9.47 Å².